The lowest BCUT2D eigenvalue weighted by molar-refractivity contribution is -0.117. The molecule has 3 rings (SSSR count). The number of carbonyl (C=O) groups excluding carboxylic acids is 1. The highest BCUT2D eigenvalue weighted by Gasteiger charge is 2.21. The van der Waals surface area contributed by atoms with E-state index in [4.69, 9.17) is 17.3 Å². The van der Waals surface area contributed by atoms with Gasteiger partial charge in [-0.1, -0.05) is 23.7 Å². The number of carbonyl (C=O) groups is 1. The third-order valence-corrected chi connectivity index (χ3v) is 6.08. The minimum absolute atomic E-state index is 0.158. The number of hydrogen-bond donors (Lipinski definition) is 2. The number of nitrogens with one attached hydrogen (secondary N) is 1. The van der Waals surface area contributed by atoms with E-state index in [0.717, 1.165) is 15.8 Å². The number of para-hydroxylation sites is 1. The number of benzene rings is 1. The highest BCUT2D eigenvalue weighted by Crippen LogP contribution is 2.33. The third-order valence-electron chi connectivity index (χ3n) is 4.65. The predicted molar refractivity (Wildman–Crippen MR) is 112 cm³/mol. The van der Waals surface area contributed by atoms with Gasteiger partial charge in [0.05, 0.1) is 28.7 Å². The van der Waals surface area contributed by atoms with Crippen LogP contribution >= 0.6 is 22.9 Å². The Labute approximate surface area is 167 Å². The Balaban J connectivity index is 1.75. The van der Waals surface area contributed by atoms with E-state index >= 15 is 0 Å². The van der Waals surface area contributed by atoms with Crippen molar-refractivity contribution in [3.8, 4) is 0 Å². The largest absolute Gasteiger partial charge is 0.383 e. The lowest BCUT2D eigenvalue weighted by Gasteiger charge is -2.23. The summed E-state index contributed by atoms with van der Waals surface area (Å²) < 4.78 is 0. The van der Waals surface area contributed by atoms with Crippen LogP contribution in [0, 0.1) is 13.8 Å². The zero-order chi connectivity index (χ0) is 19.7. The van der Waals surface area contributed by atoms with Crippen LogP contribution in [0.3, 0.4) is 0 Å². The Morgan fingerprint density at radius 1 is 1.33 bits per heavy atom. The summed E-state index contributed by atoms with van der Waals surface area (Å²) in [6.07, 6.45) is 0. The summed E-state index contributed by atoms with van der Waals surface area (Å²) in [7, 11) is 1.85. The van der Waals surface area contributed by atoms with Crippen LogP contribution in [0.15, 0.2) is 24.3 Å². The molecule has 0 aliphatic carbocycles. The summed E-state index contributed by atoms with van der Waals surface area (Å²) in [4.78, 5) is 25.5. The van der Waals surface area contributed by atoms with Crippen LogP contribution in [0.25, 0.3) is 10.2 Å². The molecule has 0 spiro atoms. The first-order valence-corrected chi connectivity index (χ1v) is 9.75. The van der Waals surface area contributed by atoms with Gasteiger partial charge < -0.3 is 11.1 Å². The number of anilines is 2. The fourth-order valence-electron chi connectivity index (χ4n) is 2.80. The predicted octanol–water partition coefficient (Wildman–Crippen LogP) is 4.18. The minimum atomic E-state index is -0.170. The fraction of sp³-hybridized carbons (Fsp3) is 0.316. The molecule has 27 heavy (non-hydrogen) atoms. The number of aromatic nitrogens is 2. The Hall–Kier alpha value is -2.22. The Bertz CT molecular complexity index is 1000. The van der Waals surface area contributed by atoms with Crippen LogP contribution in [0.2, 0.25) is 5.02 Å². The highest BCUT2D eigenvalue weighted by molar-refractivity contribution is 7.18. The molecule has 0 saturated heterocycles. The van der Waals surface area contributed by atoms with Crippen LogP contribution in [-0.4, -0.2) is 34.4 Å². The molecule has 2 aromatic heterocycles. The maximum Gasteiger partial charge on any atom is 0.238 e. The van der Waals surface area contributed by atoms with E-state index in [1.807, 2.05) is 37.9 Å². The fourth-order valence-corrected chi connectivity index (χ4v) is 4.02. The standard InChI is InChI=1S/C19H22ClN5OS/c1-10-12(3)27-19-16(10)17(21)23-18(24-19)11(2)25(4)9-15(26)22-14-8-6-5-7-13(14)20/h5-8,11H,9H2,1-4H3,(H,22,26)(H2,21,23,24). The van der Waals surface area contributed by atoms with Crippen molar-refractivity contribution < 1.29 is 4.79 Å². The lowest BCUT2D eigenvalue weighted by Crippen LogP contribution is -2.33. The van der Waals surface area contributed by atoms with Crippen molar-refractivity contribution >= 4 is 50.6 Å². The van der Waals surface area contributed by atoms with Gasteiger partial charge in [-0.25, -0.2) is 9.97 Å². The molecule has 1 amide bonds. The maximum absolute atomic E-state index is 12.4. The molecule has 2 heterocycles. The van der Waals surface area contributed by atoms with E-state index in [2.05, 4.69) is 22.2 Å². The zero-order valence-corrected chi connectivity index (χ0v) is 17.3. The highest BCUT2D eigenvalue weighted by atomic mass is 35.5. The average Bonchev–Trinajstić information content (AvgIpc) is 2.90. The molecule has 0 radical (unpaired) electrons. The number of amides is 1. The van der Waals surface area contributed by atoms with Crippen molar-refractivity contribution in [2.75, 3.05) is 24.6 Å². The van der Waals surface area contributed by atoms with Gasteiger partial charge in [0.1, 0.15) is 16.5 Å². The number of thiophene rings is 1. The van der Waals surface area contributed by atoms with E-state index in [0.29, 0.717) is 22.4 Å². The quantitative estimate of drug-likeness (QED) is 0.667. The van der Waals surface area contributed by atoms with Crippen LogP contribution in [0.4, 0.5) is 11.5 Å². The van der Waals surface area contributed by atoms with Gasteiger partial charge in [0.15, 0.2) is 0 Å². The molecule has 3 N–H and O–H groups in total. The summed E-state index contributed by atoms with van der Waals surface area (Å²) >= 11 is 7.70. The number of halogens is 1. The van der Waals surface area contributed by atoms with E-state index < -0.39 is 0 Å². The molecule has 0 saturated carbocycles. The molecule has 3 aromatic rings. The number of aryl methyl sites for hydroxylation is 2. The van der Waals surface area contributed by atoms with Gasteiger partial charge in [-0.3, -0.25) is 9.69 Å². The SMILES string of the molecule is Cc1sc2nc(C(C)N(C)CC(=O)Nc3ccccc3Cl)nc(N)c2c1C. The van der Waals surface area contributed by atoms with E-state index in [9.17, 15) is 4.79 Å². The van der Waals surface area contributed by atoms with Gasteiger partial charge in [0.25, 0.3) is 0 Å². The number of likely N-dealkylation sites (N-methyl/N-ethyl adjacent to an activating group) is 1. The van der Waals surface area contributed by atoms with E-state index in [1.165, 1.54) is 4.88 Å². The van der Waals surface area contributed by atoms with Gasteiger partial charge in [-0.05, 0) is 45.5 Å². The lowest BCUT2D eigenvalue weighted by atomic mass is 10.2. The van der Waals surface area contributed by atoms with E-state index in [-0.39, 0.29) is 18.5 Å². The Morgan fingerprint density at radius 2 is 2.04 bits per heavy atom. The van der Waals surface area contributed by atoms with Gasteiger partial charge in [-0.2, -0.15) is 0 Å². The van der Waals surface area contributed by atoms with Gasteiger partial charge in [-0.15, -0.1) is 11.3 Å². The smallest absolute Gasteiger partial charge is 0.238 e. The number of nitrogens with zero attached hydrogens (tertiary/aromatic N) is 3. The molecule has 0 aliphatic rings. The van der Waals surface area contributed by atoms with Gasteiger partial charge >= 0.3 is 0 Å². The number of fused-ring (bicyclic) bond motifs is 1. The number of hydrogen-bond acceptors (Lipinski definition) is 6. The summed E-state index contributed by atoms with van der Waals surface area (Å²) in [5.74, 6) is 0.932. The molecule has 1 atom stereocenters. The zero-order valence-electron chi connectivity index (χ0n) is 15.7. The Kier molecular flexibility index (Phi) is 5.64. The van der Waals surface area contributed by atoms with Crippen LogP contribution in [0.5, 0.6) is 0 Å². The van der Waals surface area contributed by atoms with Gasteiger partial charge in [0, 0.05) is 4.88 Å². The third kappa shape index (κ3) is 4.05. The topological polar surface area (TPSA) is 84.1 Å². The molecule has 1 unspecified atom stereocenters. The van der Waals surface area contributed by atoms with Crippen molar-refractivity contribution in [2.45, 2.75) is 26.8 Å². The Morgan fingerprint density at radius 3 is 2.74 bits per heavy atom. The van der Waals surface area contributed by atoms with E-state index in [1.54, 1.807) is 23.5 Å². The first-order chi connectivity index (χ1) is 12.8. The van der Waals surface area contributed by atoms with Crippen LogP contribution in [-0.2, 0) is 4.79 Å². The second-order valence-corrected chi connectivity index (χ2v) is 8.16. The molecule has 0 aliphatic heterocycles. The second kappa shape index (κ2) is 7.80. The maximum atomic E-state index is 12.4. The normalized spacial score (nSPS) is 12.5. The van der Waals surface area contributed by atoms with Gasteiger partial charge in [0.2, 0.25) is 5.91 Å². The number of nitrogen functional groups attached to an aromatic ring is 1. The average molecular weight is 404 g/mol. The molecule has 8 heteroatoms. The summed E-state index contributed by atoms with van der Waals surface area (Å²) in [6, 6.07) is 6.97. The number of rotatable bonds is 5. The second-order valence-electron chi connectivity index (χ2n) is 6.55. The van der Waals surface area contributed by atoms with Crippen molar-refractivity contribution in [3.05, 3.63) is 45.6 Å². The summed E-state index contributed by atoms with van der Waals surface area (Å²) in [5, 5.41) is 4.25. The summed E-state index contributed by atoms with van der Waals surface area (Å²) in [5.41, 5.74) is 7.89. The molecule has 6 nitrogen and oxygen atoms in total. The molecular weight excluding hydrogens is 382 g/mol. The van der Waals surface area contributed by atoms with Crippen LogP contribution in [0.1, 0.15) is 29.2 Å². The van der Waals surface area contributed by atoms with Crippen molar-refractivity contribution in [1.29, 1.82) is 0 Å². The molecule has 0 bridgehead atoms. The number of nitrogens with two attached hydrogens (primary N) is 1. The van der Waals surface area contributed by atoms with Crippen molar-refractivity contribution in [2.24, 2.45) is 0 Å². The monoisotopic (exact) mass is 403 g/mol. The van der Waals surface area contributed by atoms with Crippen molar-refractivity contribution in [1.82, 2.24) is 14.9 Å². The molecule has 142 valence electrons. The molecule has 1 aromatic carbocycles. The molecular formula is C19H22ClN5OS. The summed E-state index contributed by atoms with van der Waals surface area (Å²) in [6.45, 7) is 6.21. The first kappa shape index (κ1) is 19.5. The van der Waals surface area contributed by atoms with Crippen molar-refractivity contribution in [3.63, 3.8) is 0 Å². The van der Waals surface area contributed by atoms with Crippen LogP contribution < -0.4 is 11.1 Å². The molecule has 0 fully saturated rings. The first-order valence-electron chi connectivity index (χ1n) is 8.55. The minimum Gasteiger partial charge on any atom is -0.383 e.